The van der Waals surface area contributed by atoms with Gasteiger partial charge in [0.1, 0.15) is 5.00 Å². The molecule has 0 unspecified atom stereocenters. The maximum atomic E-state index is 12.5. The third-order valence-corrected chi connectivity index (χ3v) is 7.99. The quantitative estimate of drug-likeness (QED) is 0.551. The molecule has 1 aliphatic heterocycles. The minimum Gasteiger partial charge on any atom is -0.450 e. The number of carbonyl (C=O) groups excluding carboxylic acids is 3. The van der Waals surface area contributed by atoms with E-state index in [9.17, 15) is 22.8 Å². The Morgan fingerprint density at radius 2 is 1.94 bits per heavy atom. The Morgan fingerprint density at radius 1 is 1.21 bits per heavy atom. The summed E-state index contributed by atoms with van der Waals surface area (Å²) in [4.78, 5) is 38.9. The average Bonchev–Trinajstić information content (AvgIpc) is 3.11. The zero-order valence-corrected chi connectivity index (χ0v) is 20.0. The lowest BCUT2D eigenvalue weighted by atomic mass is 10.0. The first-order valence-corrected chi connectivity index (χ1v) is 13.2. The SMILES string of the molecule is CCOC(=O)N1CCc2c(sc(NC(=O)CCCS(=O)(=O)Cc3ccccc3)c2C(N)=O)C1. The Morgan fingerprint density at radius 3 is 2.61 bits per heavy atom. The molecule has 0 radical (unpaired) electrons. The fraction of sp³-hybridized carbons (Fsp3) is 0.409. The van der Waals surface area contributed by atoms with E-state index >= 15 is 0 Å². The molecular formula is C22H27N3O6S2. The molecule has 33 heavy (non-hydrogen) atoms. The van der Waals surface area contributed by atoms with E-state index in [1.807, 2.05) is 6.07 Å². The van der Waals surface area contributed by atoms with Crippen molar-refractivity contribution in [3.05, 3.63) is 51.9 Å². The number of nitrogens with zero attached hydrogens (tertiary/aromatic N) is 1. The number of hydrogen-bond donors (Lipinski definition) is 2. The number of sulfone groups is 1. The summed E-state index contributed by atoms with van der Waals surface area (Å²) in [6, 6.07) is 8.87. The summed E-state index contributed by atoms with van der Waals surface area (Å²) in [5, 5.41) is 3.03. The number of nitrogens with one attached hydrogen (secondary N) is 1. The van der Waals surface area contributed by atoms with Crippen molar-refractivity contribution in [3.63, 3.8) is 0 Å². The molecular weight excluding hydrogens is 466 g/mol. The highest BCUT2D eigenvalue weighted by Crippen LogP contribution is 2.37. The van der Waals surface area contributed by atoms with Crippen molar-refractivity contribution in [1.82, 2.24) is 4.90 Å². The van der Waals surface area contributed by atoms with Gasteiger partial charge in [-0.2, -0.15) is 0 Å². The van der Waals surface area contributed by atoms with E-state index in [-0.39, 0.29) is 43.1 Å². The minimum absolute atomic E-state index is 0.0102. The van der Waals surface area contributed by atoms with Crippen molar-refractivity contribution in [2.24, 2.45) is 5.73 Å². The van der Waals surface area contributed by atoms with Crippen LogP contribution in [0.4, 0.5) is 9.80 Å². The smallest absolute Gasteiger partial charge is 0.410 e. The predicted molar refractivity (Wildman–Crippen MR) is 126 cm³/mol. The Hall–Kier alpha value is -2.92. The largest absolute Gasteiger partial charge is 0.450 e. The van der Waals surface area contributed by atoms with Gasteiger partial charge in [-0.05, 0) is 30.9 Å². The van der Waals surface area contributed by atoms with E-state index < -0.39 is 27.7 Å². The molecule has 0 spiro atoms. The molecule has 1 aliphatic rings. The second kappa shape index (κ2) is 10.8. The van der Waals surface area contributed by atoms with Crippen molar-refractivity contribution in [3.8, 4) is 0 Å². The van der Waals surface area contributed by atoms with Gasteiger partial charge in [0.2, 0.25) is 5.91 Å². The second-order valence-corrected chi connectivity index (χ2v) is 11.0. The van der Waals surface area contributed by atoms with E-state index in [1.54, 1.807) is 31.2 Å². The number of carbonyl (C=O) groups is 3. The molecule has 3 amide bonds. The second-order valence-electron chi connectivity index (χ2n) is 7.67. The lowest BCUT2D eigenvalue weighted by Gasteiger charge is -2.26. The highest BCUT2D eigenvalue weighted by molar-refractivity contribution is 7.90. The molecule has 3 rings (SSSR count). The Bertz CT molecular complexity index is 1130. The normalized spacial score (nSPS) is 13.3. The molecule has 11 heteroatoms. The summed E-state index contributed by atoms with van der Waals surface area (Å²) >= 11 is 1.20. The molecule has 3 N–H and O–H groups in total. The highest BCUT2D eigenvalue weighted by atomic mass is 32.2. The van der Waals surface area contributed by atoms with Crippen LogP contribution in [-0.2, 0) is 38.1 Å². The maximum Gasteiger partial charge on any atom is 0.410 e. The minimum atomic E-state index is -3.35. The fourth-order valence-electron chi connectivity index (χ4n) is 3.66. The number of thiophene rings is 1. The van der Waals surface area contributed by atoms with Gasteiger partial charge in [0.05, 0.1) is 30.2 Å². The molecule has 2 aromatic rings. The van der Waals surface area contributed by atoms with E-state index in [0.717, 1.165) is 10.4 Å². The molecule has 0 atom stereocenters. The van der Waals surface area contributed by atoms with Gasteiger partial charge in [0, 0.05) is 17.8 Å². The molecule has 1 aromatic carbocycles. The number of rotatable bonds is 9. The number of ether oxygens (including phenoxy) is 1. The van der Waals surface area contributed by atoms with Crippen LogP contribution >= 0.6 is 11.3 Å². The van der Waals surface area contributed by atoms with Crippen molar-refractivity contribution in [1.29, 1.82) is 0 Å². The number of fused-ring (bicyclic) bond motifs is 1. The highest BCUT2D eigenvalue weighted by Gasteiger charge is 2.30. The first-order valence-electron chi connectivity index (χ1n) is 10.6. The number of anilines is 1. The van der Waals surface area contributed by atoms with E-state index in [4.69, 9.17) is 10.5 Å². The van der Waals surface area contributed by atoms with Crippen molar-refractivity contribution in [2.45, 2.75) is 38.5 Å². The Labute approximate surface area is 196 Å². The number of primary amides is 1. The van der Waals surface area contributed by atoms with Crippen LogP contribution in [-0.4, -0.2) is 50.1 Å². The first-order chi connectivity index (χ1) is 15.7. The van der Waals surface area contributed by atoms with Crippen LogP contribution in [0.3, 0.4) is 0 Å². The van der Waals surface area contributed by atoms with Gasteiger partial charge in [0.15, 0.2) is 9.84 Å². The Kier molecular flexibility index (Phi) is 8.09. The van der Waals surface area contributed by atoms with E-state index in [1.165, 1.54) is 16.2 Å². The summed E-state index contributed by atoms with van der Waals surface area (Å²) in [7, 11) is -3.35. The van der Waals surface area contributed by atoms with Crippen LogP contribution in [0.25, 0.3) is 0 Å². The molecule has 9 nitrogen and oxygen atoms in total. The number of benzene rings is 1. The Balaban J connectivity index is 1.60. The monoisotopic (exact) mass is 493 g/mol. The van der Waals surface area contributed by atoms with Crippen molar-refractivity contribution < 1.29 is 27.5 Å². The molecule has 0 fully saturated rings. The van der Waals surface area contributed by atoms with E-state index in [2.05, 4.69) is 5.32 Å². The lowest BCUT2D eigenvalue weighted by Crippen LogP contribution is -2.36. The van der Waals surface area contributed by atoms with Crippen LogP contribution in [0.2, 0.25) is 0 Å². The number of amides is 3. The number of hydrogen-bond acceptors (Lipinski definition) is 7. The van der Waals surface area contributed by atoms with Crippen LogP contribution in [0.1, 0.15) is 46.1 Å². The summed E-state index contributed by atoms with van der Waals surface area (Å²) in [6.07, 6.45) is 0.147. The topological polar surface area (TPSA) is 136 Å². The van der Waals surface area contributed by atoms with Crippen LogP contribution in [0.15, 0.2) is 30.3 Å². The predicted octanol–water partition coefficient (Wildman–Crippen LogP) is 2.70. The summed E-state index contributed by atoms with van der Waals surface area (Å²) in [6.45, 7) is 2.65. The van der Waals surface area contributed by atoms with Gasteiger partial charge in [0.25, 0.3) is 5.91 Å². The lowest BCUT2D eigenvalue weighted by molar-refractivity contribution is -0.116. The zero-order chi connectivity index (χ0) is 24.0. The third kappa shape index (κ3) is 6.55. The van der Waals surface area contributed by atoms with Gasteiger partial charge in [-0.1, -0.05) is 30.3 Å². The molecule has 0 saturated heterocycles. The van der Waals surface area contributed by atoms with Crippen molar-refractivity contribution in [2.75, 3.05) is 24.2 Å². The van der Waals surface area contributed by atoms with Gasteiger partial charge in [-0.25, -0.2) is 13.2 Å². The third-order valence-electron chi connectivity index (χ3n) is 5.17. The van der Waals surface area contributed by atoms with Crippen molar-refractivity contribution >= 4 is 44.1 Å². The van der Waals surface area contributed by atoms with Crippen LogP contribution < -0.4 is 11.1 Å². The zero-order valence-electron chi connectivity index (χ0n) is 18.3. The molecule has 0 saturated carbocycles. The summed E-state index contributed by atoms with van der Waals surface area (Å²) in [5.41, 5.74) is 7.25. The van der Waals surface area contributed by atoms with Crippen LogP contribution in [0, 0.1) is 0 Å². The van der Waals surface area contributed by atoms with E-state index in [0.29, 0.717) is 23.5 Å². The molecule has 1 aromatic heterocycles. The average molecular weight is 494 g/mol. The summed E-state index contributed by atoms with van der Waals surface area (Å²) < 4.78 is 29.7. The number of nitrogens with two attached hydrogens (primary N) is 1. The molecule has 0 bridgehead atoms. The van der Waals surface area contributed by atoms with Crippen LogP contribution in [0.5, 0.6) is 0 Å². The van der Waals surface area contributed by atoms with Gasteiger partial charge in [-0.15, -0.1) is 11.3 Å². The first kappa shape index (κ1) is 24.7. The van der Waals surface area contributed by atoms with Gasteiger partial charge < -0.3 is 20.7 Å². The molecule has 178 valence electrons. The van der Waals surface area contributed by atoms with Gasteiger partial charge >= 0.3 is 6.09 Å². The maximum absolute atomic E-state index is 12.5. The summed E-state index contributed by atoms with van der Waals surface area (Å²) in [5.74, 6) is -1.24. The fourth-order valence-corrected chi connectivity index (χ4v) is 6.38. The standard InChI is InChI=1S/C22H27N3O6S2/c1-2-31-22(28)25-11-10-16-17(13-25)32-21(19(16)20(23)27)24-18(26)9-6-12-33(29,30)14-15-7-4-3-5-8-15/h3-5,7-8H,2,6,9-14H2,1H3,(H2,23,27)(H,24,26). The van der Waals surface area contributed by atoms with Gasteiger partial charge in [-0.3, -0.25) is 9.59 Å². The molecule has 0 aliphatic carbocycles. The molecule has 2 heterocycles.